The minimum absolute atomic E-state index is 0.00879. The minimum atomic E-state index is -0.276. The number of aromatic nitrogens is 1. The Balaban J connectivity index is 2.07. The molecule has 0 unspecified atom stereocenters. The van der Waals surface area contributed by atoms with Gasteiger partial charge in [0.2, 0.25) is 0 Å². The van der Waals surface area contributed by atoms with Gasteiger partial charge >= 0.3 is 0 Å². The van der Waals surface area contributed by atoms with E-state index in [0.29, 0.717) is 10.7 Å². The maximum atomic E-state index is 12.2. The molecule has 0 atom stereocenters. The van der Waals surface area contributed by atoms with E-state index in [1.54, 1.807) is 0 Å². The zero-order valence-electron chi connectivity index (χ0n) is 11.8. The maximum Gasteiger partial charge on any atom is 0.251 e. The highest BCUT2D eigenvalue weighted by Crippen LogP contribution is 2.38. The normalized spacial score (nSPS) is 14.6. The van der Waals surface area contributed by atoms with Crippen LogP contribution in [0.25, 0.3) is 0 Å². The number of thioether (sulfide) groups is 1. The number of carbonyl (C=O) groups is 2. The van der Waals surface area contributed by atoms with Crippen LogP contribution in [0.5, 0.6) is 0 Å². The molecule has 0 radical (unpaired) electrons. The molecule has 0 aliphatic heterocycles. The van der Waals surface area contributed by atoms with Crippen LogP contribution in [0, 0.1) is 5.92 Å². The summed E-state index contributed by atoms with van der Waals surface area (Å²) < 4.78 is 6.03. The summed E-state index contributed by atoms with van der Waals surface area (Å²) >= 11 is 2.82. The molecule has 5 nitrogen and oxygen atoms in total. The molecule has 1 aliphatic rings. The summed E-state index contributed by atoms with van der Waals surface area (Å²) in [4.78, 5) is 28.8. The van der Waals surface area contributed by atoms with Gasteiger partial charge < -0.3 is 10.1 Å². The van der Waals surface area contributed by atoms with Crippen molar-refractivity contribution in [3.05, 3.63) is 4.88 Å². The van der Waals surface area contributed by atoms with E-state index in [1.807, 2.05) is 20.1 Å². The predicted octanol–water partition coefficient (Wildman–Crippen LogP) is 2.82. The fourth-order valence-corrected chi connectivity index (χ4v) is 3.12. The molecule has 1 aromatic rings. The Morgan fingerprint density at radius 3 is 2.75 bits per heavy atom. The number of ether oxygens (including phenoxy) is 1. The van der Waals surface area contributed by atoms with Crippen LogP contribution in [-0.4, -0.2) is 35.6 Å². The molecule has 1 aromatic heterocycles. The first kappa shape index (κ1) is 15.5. The largest absolute Gasteiger partial charge is 0.369 e. The summed E-state index contributed by atoms with van der Waals surface area (Å²) in [6.45, 7) is 3.70. The van der Waals surface area contributed by atoms with Gasteiger partial charge in [0.1, 0.15) is 11.5 Å². The third-order valence-electron chi connectivity index (χ3n) is 2.76. The zero-order chi connectivity index (χ0) is 14.7. The van der Waals surface area contributed by atoms with Crippen LogP contribution in [0.1, 0.15) is 36.4 Å². The molecular weight excluding hydrogens is 296 g/mol. The molecule has 2 rings (SSSR count). The Hall–Kier alpha value is -0.920. The van der Waals surface area contributed by atoms with Crippen molar-refractivity contribution in [1.82, 2.24) is 4.98 Å². The van der Waals surface area contributed by atoms with Gasteiger partial charge in [-0.3, -0.25) is 9.59 Å². The molecule has 1 fully saturated rings. The van der Waals surface area contributed by atoms with Crippen molar-refractivity contribution in [2.75, 3.05) is 18.2 Å². The molecule has 1 heterocycles. The molecule has 110 valence electrons. The first-order valence-electron chi connectivity index (χ1n) is 6.51. The Morgan fingerprint density at radius 2 is 2.20 bits per heavy atom. The maximum absolute atomic E-state index is 12.2. The van der Waals surface area contributed by atoms with Gasteiger partial charge in [0.05, 0.1) is 6.10 Å². The Morgan fingerprint density at radius 1 is 1.50 bits per heavy atom. The number of anilines is 1. The Labute approximate surface area is 126 Å². The second kappa shape index (κ2) is 6.69. The second-order valence-corrected chi connectivity index (χ2v) is 6.96. The third-order valence-corrected chi connectivity index (χ3v) is 4.81. The molecule has 1 saturated carbocycles. The third kappa shape index (κ3) is 4.04. The van der Waals surface area contributed by atoms with Crippen molar-refractivity contribution in [3.8, 4) is 0 Å². The monoisotopic (exact) mass is 314 g/mol. The molecule has 1 aliphatic carbocycles. The van der Waals surface area contributed by atoms with E-state index >= 15 is 0 Å². The van der Waals surface area contributed by atoms with Gasteiger partial charge in [0, 0.05) is 5.92 Å². The lowest BCUT2D eigenvalue weighted by atomic mass is 10.2. The van der Waals surface area contributed by atoms with Crippen molar-refractivity contribution < 1.29 is 14.3 Å². The average molecular weight is 314 g/mol. The summed E-state index contributed by atoms with van der Waals surface area (Å²) in [6, 6.07) is 0. The van der Waals surface area contributed by atoms with Gasteiger partial charge in [-0.05, 0) is 32.9 Å². The van der Waals surface area contributed by atoms with Gasteiger partial charge in [-0.1, -0.05) is 11.8 Å². The smallest absolute Gasteiger partial charge is 0.251 e. The minimum Gasteiger partial charge on any atom is -0.369 e. The first-order valence-corrected chi connectivity index (χ1v) is 8.56. The summed E-state index contributed by atoms with van der Waals surface area (Å²) in [6.07, 6.45) is 3.77. The molecule has 1 amide bonds. The molecule has 0 saturated heterocycles. The van der Waals surface area contributed by atoms with Gasteiger partial charge in [0.25, 0.3) is 5.91 Å². The van der Waals surface area contributed by atoms with Crippen LogP contribution in [0.2, 0.25) is 0 Å². The van der Waals surface area contributed by atoms with E-state index in [0.717, 1.165) is 17.2 Å². The highest BCUT2D eigenvalue weighted by Gasteiger charge is 2.34. The van der Waals surface area contributed by atoms with Gasteiger partial charge in [0.15, 0.2) is 15.9 Å². The summed E-state index contributed by atoms with van der Waals surface area (Å²) in [5, 5.41) is 2.69. The van der Waals surface area contributed by atoms with Crippen molar-refractivity contribution in [3.63, 3.8) is 0 Å². The summed E-state index contributed by atoms with van der Waals surface area (Å²) in [5.74, 6) is 0.325. The fourth-order valence-electron chi connectivity index (χ4n) is 1.58. The average Bonchev–Trinajstić information content (AvgIpc) is 3.17. The molecule has 7 heteroatoms. The highest BCUT2D eigenvalue weighted by molar-refractivity contribution is 8.00. The number of Topliss-reactive ketones (excluding diaryl/α,β-unsaturated/α-hetero) is 1. The second-order valence-electron chi connectivity index (χ2n) is 4.91. The van der Waals surface area contributed by atoms with Crippen LogP contribution in [-0.2, 0) is 9.53 Å². The van der Waals surface area contributed by atoms with E-state index in [4.69, 9.17) is 4.74 Å². The van der Waals surface area contributed by atoms with Crippen molar-refractivity contribution in [2.45, 2.75) is 37.1 Å². The Bertz CT molecular complexity index is 510. The number of nitrogens with one attached hydrogen (secondary N) is 1. The van der Waals surface area contributed by atoms with Crippen LogP contribution in [0.15, 0.2) is 4.34 Å². The number of hydrogen-bond donors (Lipinski definition) is 1. The number of hydrogen-bond acceptors (Lipinski definition) is 6. The van der Waals surface area contributed by atoms with Gasteiger partial charge in [-0.15, -0.1) is 11.3 Å². The van der Waals surface area contributed by atoms with Gasteiger partial charge in [-0.25, -0.2) is 4.98 Å². The van der Waals surface area contributed by atoms with E-state index in [2.05, 4.69) is 10.3 Å². The Kier molecular flexibility index (Phi) is 5.17. The quantitative estimate of drug-likeness (QED) is 0.619. The standard InChI is InChI=1S/C13H18N2O3S2/c1-7(2)18-6-9(16)14-12-11(10(17)8-4-5-8)20-13(15-12)19-3/h7-8H,4-6H2,1-3H3,(H,14,16). The molecule has 20 heavy (non-hydrogen) atoms. The number of thiazole rings is 1. The SMILES string of the molecule is CSc1nc(NC(=O)COC(C)C)c(C(=O)C2CC2)s1. The lowest BCUT2D eigenvalue weighted by molar-refractivity contribution is -0.121. The van der Waals surface area contributed by atoms with Crippen molar-refractivity contribution in [2.24, 2.45) is 5.92 Å². The predicted molar refractivity (Wildman–Crippen MR) is 80.7 cm³/mol. The molecule has 1 N–H and O–H groups in total. The molecule has 0 bridgehead atoms. The van der Waals surface area contributed by atoms with Crippen LogP contribution in [0.3, 0.4) is 0 Å². The van der Waals surface area contributed by atoms with E-state index in [1.165, 1.54) is 23.1 Å². The zero-order valence-corrected chi connectivity index (χ0v) is 13.4. The van der Waals surface area contributed by atoms with Crippen LogP contribution < -0.4 is 5.32 Å². The summed E-state index contributed by atoms with van der Waals surface area (Å²) in [7, 11) is 0. The topological polar surface area (TPSA) is 68.3 Å². The summed E-state index contributed by atoms with van der Waals surface area (Å²) in [5.41, 5.74) is 0. The number of amides is 1. The number of ketones is 1. The fraction of sp³-hybridized carbons (Fsp3) is 0.615. The van der Waals surface area contributed by atoms with Crippen molar-refractivity contribution >= 4 is 40.6 Å². The molecule has 0 spiro atoms. The highest BCUT2D eigenvalue weighted by atomic mass is 32.2. The van der Waals surface area contributed by atoms with Crippen molar-refractivity contribution in [1.29, 1.82) is 0 Å². The lowest BCUT2D eigenvalue weighted by Crippen LogP contribution is -2.22. The number of nitrogens with zero attached hydrogens (tertiary/aromatic N) is 1. The molecular formula is C13H18N2O3S2. The van der Waals surface area contributed by atoms with Crippen LogP contribution >= 0.6 is 23.1 Å². The van der Waals surface area contributed by atoms with E-state index in [-0.39, 0.29) is 30.3 Å². The van der Waals surface area contributed by atoms with Gasteiger partial charge in [-0.2, -0.15) is 0 Å². The lowest BCUT2D eigenvalue weighted by Gasteiger charge is -2.07. The number of carbonyl (C=O) groups excluding carboxylic acids is 2. The van der Waals surface area contributed by atoms with Crippen LogP contribution in [0.4, 0.5) is 5.82 Å². The van der Waals surface area contributed by atoms with E-state index < -0.39 is 0 Å². The molecule has 0 aromatic carbocycles. The van der Waals surface area contributed by atoms with E-state index in [9.17, 15) is 9.59 Å². The number of rotatable bonds is 7. The first-order chi connectivity index (χ1) is 9.51.